The fourth-order valence-corrected chi connectivity index (χ4v) is 4.14. The van der Waals surface area contributed by atoms with Crippen molar-refractivity contribution in [1.29, 1.82) is 0 Å². The Bertz CT molecular complexity index is 1420. The number of aromatic hydroxyl groups is 1. The average molecular weight is 443 g/mol. The number of hydrogen-bond donors (Lipinski definition) is 3. The number of halogens is 1. The Balaban J connectivity index is 1.84. The quantitative estimate of drug-likeness (QED) is 0.385. The third-order valence-corrected chi connectivity index (χ3v) is 5.70. The van der Waals surface area contributed by atoms with Crippen LogP contribution in [0.2, 0.25) is 0 Å². The molecule has 0 radical (unpaired) electrons. The Morgan fingerprint density at radius 2 is 2.06 bits per heavy atom. The van der Waals surface area contributed by atoms with E-state index < -0.39 is 5.82 Å². The highest BCUT2D eigenvalue weighted by atomic mass is 19.1. The summed E-state index contributed by atoms with van der Waals surface area (Å²) in [4.78, 5) is 13.1. The molecule has 3 heterocycles. The highest BCUT2D eigenvalue weighted by molar-refractivity contribution is 6.03. The van der Waals surface area contributed by atoms with E-state index >= 15 is 4.39 Å². The molecule has 4 aromatic rings. The van der Waals surface area contributed by atoms with Crippen LogP contribution in [-0.4, -0.2) is 45.8 Å². The third-order valence-electron chi connectivity index (χ3n) is 5.70. The van der Waals surface area contributed by atoms with Crippen molar-refractivity contribution >= 4 is 27.5 Å². The fourth-order valence-electron chi connectivity index (χ4n) is 4.14. The number of pyridine rings is 1. The van der Waals surface area contributed by atoms with Crippen LogP contribution in [0.1, 0.15) is 18.9 Å². The maximum absolute atomic E-state index is 16.0. The van der Waals surface area contributed by atoms with Crippen molar-refractivity contribution in [2.75, 3.05) is 25.0 Å². The molecule has 0 saturated heterocycles. The summed E-state index contributed by atoms with van der Waals surface area (Å²) in [7, 11) is 0. The number of rotatable bonds is 1. The Hall–Kier alpha value is -3.96. The van der Waals surface area contributed by atoms with Crippen LogP contribution in [0.5, 0.6) is 11.6 Å². The molecule has 5 rings (SSSR count). The van der Waals surface area contributed by atoms with Gasteiger partial charge in [-0.3, -0.25) is 0 Å². The van der Waals surface area contributed by atoms with Crippen LogP contribution in [0, 0.1) is 18.2 Å². The first-order chi connectivity index (χ1) is 16.1. The van der Waals surface area contributed by atoms with Crippen LogP contribution in [0.3, 0.4) is 0 Å². The monoisotopic (exact) mass is 443 g/mol. The molecule has 3 N–H and O–H groups in total. The highest BCUT2D eigenvalue weighted by Gasteiger charge is 2.24. The molecule has 0 fully saturated rings. The van der Waals surface area contributed by atoms with Crippen molar-refractivity contribution in [2.24, 2.45) is 0 Å². The summed E-state index contributed by atoms with van der Waals surface area (Å²) in [5, 5.41) is 18.6. The van der Waals surface area contributed by atoms with Gasteiger partial charge in [0.15, 0.2) is 5.82 Å². The molecule has 2 aromatic heterocycles. The zero-order chi connectivity index (χ0) is 22.9. The summed E-state index contributed by atoms with van der Waals surface area (Å²) in [6.45, 7) is 4.04. The lowest BCUT2D eigenvalue weighted by Crippen LogP contribution is -2.26. The zero-order valence-corrected chi connectivity index (χ0v) is 18.0. The Kier molecular flexibility index (Phi) is 5.40. The van der Waals surface area contributed by atoms with Crippen LogP contribution < -0.4 is 15.4 Å². The first-order valence-electron chi connectivity index (χ1n) is 10.7. The van der Waals surface area contributed by atoms with Gasteiger partial charge >= 0.3 is 0 Å². The molecule has 1 aliphatic rings. The molecule has 33 heavy (non-hydrogen) atoms. The highest BCUT2D eigenvalue weighted by Crippen LogP contribution is 2.40. The normalized spacial score (nSPS) is 16.5. The van der Waals surface area contributed by atoms with Crippen molar-refractivity contribution in [3.05, 3.63) is 48.0 Å². The summed E-state index contributed by atoms with van der Waals surface area (Å²) < 4.78 is 22.2. The van der Waals surface area contributed by atoms with E-state index in [0.717, 1.165) is 19.5 Å². The maximum Gasteiger partial charge on any atom is 0.227 e. The summed E-state index contributed by atoms with van der Waals surface area (Å²) >= 11 is 0. The Labute approximate surface area is 190 Å². The molecule has 7 nitrogen and oxygen atoms in total. The van der Waals surface area contributed by atoms with Crippen LogP contribution in [0.25, 0.3) is 32.9 Å². The number of nitrogens with zero attached hydrogens (tertiary/aromatic N) is 3. The number of hydrogen-bond acceptors (Lipinski definition) is 7. The molecular weight excluding hydrogens is 421 g/mol. The number of nitrogens with one attached hydrogen (secondary N) is 2. The van der Waals surface area contributed by atoms with Gasteiger partial charge in [0.2, 0.25) is 5.88 Å². The number of ether oxygens (including phenoxy) is 1. The van der Waals surface area contributed by atoms with Crippen LogP contribution in [0.15, 0.2) is 36.7 Å². The smallest absolute Gasteiger partial charge is 0.227 e. The SMILES string of the molecule is C#Cc1cccc2cc(O)cc(-c3nc4c5c(ncnc5c3F)NCCNCC[C@H](C)O4)c12. The van der Waals surface area contributed by atoms with Gasteiger partial charge in [0, 0.05) is 29.6 Å². The number of fused-ring (bicyclic) bond motifs is 1. The van der Waals surface area contributed by atoms with Crippen molar-refractivity contribution in [3.8, 4) is 35.2 Å². The van der Waals surface area contributed by atoms with E-state index in [1.807, 2.05) is 13.0 Å². The Morgan fingerprint density at radius 3 is 2.91 bits per heavy atom. The first kappa shape index (κ1) is 20.9. The van der Waals surface area contributed by atoms with Gasteiger partial charge in [-0.2, -0.15) is 0 Å². The number of anilines is 1. The average Bonchev–Trinajstić information content (AvgIpc) is 2.84. The lowest BCUT2D eigenvalue weighted by molar-refractivity contribution is 0.205. The lowest BCUT2D eigenvalue weighted by atomic mass is 9.96. The minimum atomic E-state index is -0.637. The lowest BCUT2D eigenvalue weighted by Gasteiger charge is -2.18. The summed E-state index contributed by atoms with van der Waals surface area (Å²) in [5.41, 5.74) is 1.03. The van der Waals surface area contributed by atoms with Gasteiger partial charge in [0.05, 0.1) is 6.10 Å². The van der Waals surface area contributed by atoms with Crippen LogP contribution in [-0.2, 0) is 0 Å². The predicted molar refractivity (Wildman–Crippen MR) is 126 cm³/mol. The summed E-state index contributed by atoms with van der Waals surface area (Å²) in [6, 6.07) is 8.43. The van der Waals surface area contributed by atoms with E-state index in [1.54, 1.807) is 18.2 Å². The molecule has 0 aliphatic carbocycles. The number of phenols is 1. The second kappa shape index (κ2) is 8.52. The third kappa shape index (κ3) is 3.77. The molecule has 0 saturated carbocycles. The van der Waals surface area contributed by atoms with E-state index in [2.05, 4.69) is 31.5 Å². The molecule has 166 valence electrons. The van der Waals surface area contributed by atoms with Crippen molar-refractivity contribution in [2.45, 2.75) is 19.4 Å². The van der Waals surface area contributed by atoms with Gasteiger partial charge in [-0.15, -0.1) is 6.42 Å². The first-order valence-corrected chi connectivity index (χ1v) is 10.7. The minimum absolute atomic E-state index is 0.00551. The number of phenolic OH excluding ortho intramolecular Hbond substituents is 1. The van der Waals surface area contributed by atoms with Gasteiger partial charge < -0.3 is 20.5 Å². The number of aromatic nitrogens is 3. The van der Waals surface area contributed by atoms with E-state index in [9.17, 15) is 5.11 Å². The zero-order valence-electron chi connectivity index (χ0n) is 18.0. The minimum Gasteiger partial charge on any atom is -0.508 e. The molecule has 8 heteroatoms. The van der Waals surface area contributed by atoms with Gasteiger partial charge in [0.1, 0.15) is 34.5 Å². The van der Waals surface area contributed by atoms with Crippen LogP contribution in [0.4, 0.5) is 10.2 Å². The standard InChI is InChI=1S/C25H22FN5O2/c1-3-15-5-4-6-16-11-17(32)12-18(19(15)16)22-21(26)23-20-24(30-13-29-23)28-10-9-27-8-7-14(2)33-25(20)31-22/h1,4-6,11-14,27,32H,7-10H2,2H3,(H,28,29,30)/t14-/m0/s1. The largest absolute Gasteiger partial charge is 0.508 e. The van der Waals surface area contributed by atoms with E-state index in [0.29, 0.717) is 39.6 Å². The summed E-state index contributed by atoms with van der Waals surface area (Å²) in [5.74, 6) is 2.67. The molecule has 1 atom stereocenters. The van der Waals surface area contributed by atoms with Crippen LogP contribution >= 0.6 is 0 Å². The molecule has 0 bridgehead atoms. The molecule has 0 unspecified atom stereocenters. The van der Waals surface area contributed by atoms with Gasteiger partial charge in [-0.1, -0.05) is 18.1 Å². The summed E-state index contributed by atoms with van der Waals surface area (Å²) in [6.07, 6.45) is 7.61. The van der Waals surface area contributed by atoms with Gasteiger partial charge in [-0.05, 0) is 43.5 Å². The molecular formula is C25H22FN5O2. The molecule has 0 spiro atoms. The maximum atomic E-state index is 16.0. The van der Waals surface area contributed by atoms with E-state index in [4.69, 9.17) is 11.2 Å². The van der Waals surface area contributed by atoms with Crippen molar-refractivity contribution < 1.29 is 14.2 Å². The van der Waals surface area contributed by atoms with Gasteiger partial charge in [-0.25, -0.2) is 19.3 Å². The number of benzene rings is 2. The Morgan fingerprint density at radius 1 is 1.18 bits per heavy atom. The molecule has 0 amide bonds. The van der Waals surface area contributed by atoms with E-state index in [-0.39, 0.29) is 28.9 Å². The topological polar surface area (TPSA) is 92.2 Å². The second-order valence-corrected chi connectivity index (χ2v) is 7.96. The van der Waals surface area contributed by atoms with Crippen molar-refractivity contribution in [1.82, 2.24) is 20.3 Å². The molecule has 1 aliphatic heterocycles. The second-order valence-electron chi connectivity index (χ2n) is 7.96. The van der Waals surface area contributed by atoms with Gasteiger partial charge in [0.25, 0.3) is 0 Å². The van der Waals surface area contributed by atoms with E-state index in [1.165, 1.54) is 12.4 Å². The fraction of sp³-hybridized carbons (Fsp3) is 0.240. The molecule has 2 aromatic carbocycles. The van der Waals surface area contributed by atoms with Crippen molar-refractivity contribution in [3.63, 3.8) is 0 Å². The predicted octanol–water partition coefficient (Wildman–Crippen LogP) is 3.84. The number of terminal acetylenes is 1.